The van der Waals surface area contributed by atoms with Gasteiger partial charge in [0.25, 0.3) is 11.5 Å². The summed E-state index contributed by atoms with van der Waals surface area (Å²) in [7, 11) is 1.85. The Balaban J connectivity index is 1.18. The molecule has 5 aromatic rings. The third-order valence-electron chi connectivity index (χ3n) is 7.93. The van der Waals surface area contributed by atoms with Crippen molar-refractivity contribution in [3.63, 3.8) is 0 Å². The Bertz CT molecular complexity index is 1770. The number of aryl methyl sites for hydroxylation is 2. The number of carbonyl (C=O) groups excluding carboxylic acids is 1. The average Bonchev–Trinajstić information content (AvgIpc) is 3.29. The highest BCUT2D eigenvalue weighted by Crippen LogP contribution is 2.28. The summed E-state index contributed by atoms with van der Waals surface area (Å²) in [6.45, 7) is 6.91. The fourth-order valence-electron chi connectivity index (χ4n) is 5.67. The lowest BCUT2D eigenvalue weighted by Gasteiger charge is -2.36. The molecule has 0 bridgehead atoms. The number of halogens is 1. The van der Waals surface area contributed by atoms with Gasteiger partial charge in [0.2, 0.25) is 0 Å². The molecule has 6 rings (SSSR count). The molecule has 0 aliphatic carbocycles. The number of benzene rings is 3. The van der Waals surface area contributed by atoms with E-state index >= 15 is 0 Å². The van der Waals surface area contributed by atoms with Crippen molar-refractivity contribution in [3.8, 4) is 5.69 Å². The Labute approximate surface area is 237 Å². The number of piperazine rings is 1. The number of para-hydroxylation sites is 1. The van der Waals surface area contributed by atoms with Gasteiger partial charge in [0, 0.05) is 61.7 Å². The minimum Gasteiger partial charge on any atom is -0.369 e. The first-order valence-corrected chi connectivity index (χ1v) is 14.0. The van der Waals surface area contributed by atoms with Crippen LogP contribution in [0.15, 0.2) is 77.6 Å². The number of nitrogens with zero attached hydrogens (tertiary/aromatic N) is 5. The smallest absolute Gasteiger partial charge is 0.296 e. The molecule has 1 N–H and O–H groups in total. The molecule has 0 spiro atoms. The Morgan fingerprint density at radius 2 is 1.61 bits per heavy atom. The number of hydrogen-bond acceptors (Lipinski definition) is 5. The lowest BCUT2D eigenvalue weighted by molar-refractivity contribution is 0.0946. The zero-order valence-electron chi connectivity index (χ0n) is 23.3. The predicted molar refractivity (Wildman–Crippen MR) is 161 cm³/mol. The van der Waals surface area contributed by atoms with Crippen LogP contribution in [0.4, 0.5) is 10.1 Å². The second-order valence-electron chi connectivity index (χ2n) is 10.6. The normalized spacial score (nSPS) is 14.2. The lowest BCUT2D eigenvalue weighted by Crippen LogP contribution is -2.47. The average molecular weight is 553 g/mol. The van der Waals surface area contributed by atoms with E-state index < -0.39 is 0 Å². The van der Waals surface area contributed by atoms with Gasteiger partial charge < -0.3 is 14.8 Å². The number of aromatic nitrogens is 3. The summed E-state index contributed by atoms with van der Waals surface area (Å²) in [5, 5.41) is 9.07. The van der Waals surface area contributed by atoms with Crippen molar-refractivity contribution >= 4 is 33.4 Å². The number of amides is 1. The molecule has 1 fully saturated rings. The van der Waals surface area contributed by atoms with Crippen molar-refractivity contribution in [2.75, 3.05) is 44.2 Å². The summed E-state index contributed by atoms with van der Waals surface area (Å²) < 4.78 is 16.4. The fourth-order valence-corrected chi connectivity index (χ4v) is 5.67. The van der Waals surface area contributed by atoms with Crippen molar-refractivity contribution < 1.29 is 9.18 Å². The largest absolute Gasteiger partial charge is 0.369 e. The van der Waals surface area contributed by atoms with Gasteiger partial charge in [0.1, 0.15) is 11.3 Å². The molecule has 3 heterocycles. The van der Waals surface area contributed by atoms with Gasteiger partial charge in [-0.25, -0.2) is 4.39 Å². The van der Waals surface area contributed by atoms with Crippen molar-refractivity contribution in [1.29, 1.82) is 0 Å². The van der Waals surface area contributed by atoms with Gasteiger partial charge >= 0.3 is 0 Å². The molecule has 0 atom stereocenters. The van der Waals surface area contributed by atoms with E-state index in [-0.39, 0.29) is 23.0 Å². The maximum atomic E-state index is 13.7. The molecule has 1 aliphatic heterocycles. The molecule has 1 saturated heterocycles. The van der Waals surface area contributed by atoms with Crippen LogP contribution in [0.2, 0.25) is 0 Å². The third kappa shape index (κ3) is 5.20. The molecule has 0 radical (unpaired) electrons. The van der Waals surface area contributed by atoms with Crippen molar-refractivity contribution in [3.05, 3.63) is 100 Å². The number of hydrogen-bond donors (Lipinski definition) is 1. The van der Waals surface area contributed by atoms with E-state index in [2.05, 4.69) is 20.2 Å². The van der Waals surface area contributed by atoms with Gasteiger partial charge in [-0.15, -0.1) is 0 Å². The van der Waals surface area contributed by atoms with Gasteiger partial charge in [-0.2, -0.15) is 9.78 Å². The number of anilines is 1. The summed E-state index contributed by atoms with van der Waals surface area (Å²) in [6, 6.07) is 21.9. The molecule has 8 nitrogen and oxygen atoms in total. The van der Waals surface area contributed by atoms with Crippen LogP contribution < -0.4 is 15.8 Å². The molecule has 41 heavy (non-hydrogen) atoms. The van der Waals surface area contributed by atoms with Gasteiger partial charge in [0.05, 0.1) is 5.69 Å². The van der Waals surface area contributed by atoms with E-state index in [1.807, 2.05) is 79.2 Å². The number of fused-ring (bicyclic) bond motifs is 3. The molecule has 2 aromatic heterocycles. The molecular formula is C32H33FN6O2. The summed E-state index contributed by atoms with van der Waals surface area (Å²) in [4.78, 5) is 31.9. The van der Waals surface area contributed by atoms with Gasteiger partial charge in [-0.05, 0) is 62.4 Å². The van der Waals surface area contributed by atoms with Crippen LogP contribution in [0.5, 0.6) is 0 Å². The first-order valence-electron chi connectivity index (χ1n) is 14.0. The minimum absolute atomic E-state index is 0.222. The predicted octanol–water partition coefficient (Wildman–Crippen LogP) is 4.27. The second kappa shape index (κ2) is 11.2. The summed E-state index contributed by atoms with van der Waals surface area (Å²) in [5.41, 5.74) is 4.02. The molecule has 0 unspecified atom stereocenters. The highest BCUT2D eigenvalue weighted by Gasteiger charge is 2.23. The highest BCUT2D eigenvalue weighted by atomic mass is 19.1. The Hall–Kier alpha value is -4.50. The second-order valence-corrected chi connectivity index (χ2v) is 10.6. The fraction of sp³-hybridized carbons (Fsp3) is 0.281. The Morgan fingerprint density at radius 3 is 2.34 bits per heavy atom. The van der Waals surface area contributed by atoms with Crippen LogP contribution in [0.1, 0.15) is 22.5 Å². The van der Waals surface area contributed by atoms with Crippen LogP contribution in [0.3, 0.4) is 0 Å². The van der Waals surface area contributed by atoms with E-state index in [1.165, 1.54) is 16.8 Å². The standard InChI is InChI=1S/C32H33FN6O2/c1-22-8-12-25(13-9-22)39-32(41)30-28(26-6-3-4-7-27(26)36(30)2)29(35-39)31(40)34-16-5-17-37-18-20-38(21-19-37)24-14-10-23(33)11-15-24/h3-4,6-15H,5,16-21H2,1-2H3,(H,34,40). The SMILES string of the molecule is Cc1ccc(-n2nc(C(=O)NCCCN3CCN(c4ccc(F)cc4)CC3)c3c4ccccc4n(C)c3c2=O)cc1. The summed E-state index contributed by atoms with van der Waals surface area (Å²) in [6.07, 6.45) is 0.790. The maximum Gasteiger partial charge on any atom is 0.296 e. The first kappa shape index (κ1) is 26.7. The van der Waals surface area contributed by atoms with E-state index in [0.29, 0.717) is 23.1 Å². The quantitative estimate of drug-likeness (QED) is 0.306. The molecule has 0 saturated carbocycles. The monoisotopic (exact) mass is 552 g/mol. The number of rotatable bonds is 7. The zero-order valence-corrected chi connectivity index (χ0v) is 23.3. The minimum atomic E-state index is -0.298. The number of carbonyl (C=O) groups is 1. The van der Waals surface area contributed by atoms with Crippen LogP contribution in [-0.4, -0.2) is 64.4 Å². The van der Waals surface area contributed by atoms with E-state index in [0.717, 1.165) is 61.3 Å². The Kier molecular flexibility index (Phi) is 7.28. The molecule has 1 aliphatic rings. The van der Waals surface area contributed by atoms with E-state index in [1.54, 1.807) is 0 Å². The molecule has 3 aromatic carbocycles. The summed E-state index contributed by atoms with van der Waals surface area (Å²) in [5.74, 6) is -0.520. The van der Waals surface area contributed by atoms with E-state index in [9.17, 15) is 14.0 Å². The van der Waals surface area contributed by atoms with Crippen LogP contribution >= 0.6 is 0 Å². The summed E-state index contributed by atoms with van der Waals surface area (Å²) >= 11 is 0. The molecule has 1 amide bonds. The van der Waals surface area contributed by atoms with Crippen LogP contribution in [0, 0.1) is 12.7 Å². The van der Waals surface area contributed by atoms with Crippen molar-refractivity contribution in [2.45, 2.75) is 13.3 Å². The van der Waals surface area contributed by atoms with Crippen LogP contribution in [0.25, 0.3) is 27.5 Å². The van der Waals surface area contributed by atoms with Crippen molar-refractivity contribution in [2.24, 2.45) is 7.05 Å². The molecular weight excluding hydrogens is 519 g/mol. The highest BCUT2D eigenvalue weighted by molar-refractivity contribution is 6.16. The first-order chi connectivity index (χ1) is 19.9. The zero-order chi connectivity index (χ0) is 28.5. The van der Waals surface area contributed by atoms with Crippen LogP contribution in [-0.2, 0) is 7.05 Å². The topological polar surface area (TPSA) is 75.4 Å². The molecule has 210 valence electrons. The van der Waals surface area contributed by atoms with Gasteiger partial charge in [-0.3, -0.25) is 14.5 Å². The maximum absolute atomic E-state index is 13.7. The van der Waals surface area contributed by atoms with Gasteiger partial charge in [-0.1, -0.05) is 35.9 Å². The van der Waals surface area contributed by atoms with Gasteiger partial charge in [0.15, 0.2) is 5.69 Å². The van der Waals surface area contributed by atoms with Crippen molar-refractivity contribution in [1.82, 2.24) is 24.6 Å². The third-order valence-corrected chi connectivity index (χ3v) is 7.93. The molecule has 9 heteroatoms. The lowest BCUT2D eigenvalue weighted by atomic mass is 10.1. The Morgan fingerprint density at radius 1 is 0.927 bits per heavy atom. The van der Waals surface area contributed by atoms with E-state index in [4.69, 9.17) is 0 Å². The number of nitrogens with one attached hydrogen (secondary N) is 1.